The van der Waals surface area contributed by atoms with Crippen molar-refractivity contribution < 1.29 is 14.3 Å². The normalized spacial score (nSPS) is 10.7. The van der Waals surface area contributed by atoms with Crippen LogP contribution in [-0.4, -0.2) is 40.6 Å². The second-order valence-corrected chi connectivity index (χ2v) is 7.13. The number of thioether (sulfide) groups is 1. The quantitative estimate of drug-likeness (QED) is 0.615. The summed E-state index contributed by atoms with van der Waals surface area (Å²) in [7, 11) is 3.18. The highest BCUT2D eigenvalue weighted by atomic mass is 32.2. The number of hydrogen-bond donors (Lipinski definition) is 1. The summed E-state index contributed by atoms with van der Waals surface area (Å²) in [6.45, 7) is 4.10. The number of primary amides is 1. The minimum absolute atomic E-state index is 0.120. The molecular formula is C20H22N4O3S. The van der Waals surface area contributed by atoms with Crippen LogP contribution in [0.2, 0.25) is 0 Å². The second-order valence-electron chi connectivity index (χ2n) is 6.19. The number of rotatable bonds is 7. The number of nitrogens with two attached hydrogens (primary N) is 1. The maximum absolute atomic E-state index is 11.3. The number of methoxy groups -OCH3 is 2. The lowest BCUT2D eigenvalue weighted by atomic mass is 10.1. The average Bonchev–Trinajstić information content (AvgIpc) is 3.11. The van der Waals surface area contributed by atoms with Gasteiger partial charge in [0.15, 0.2) is 22.5 Å². The largest absolute Gasteiger partial charge is 0.493 e. The summed E-state index contributed by atoms with van der Waals surface area (Å²) in [5.41, 5.74) is 9.34. The Bertz CT molecular complexity index is 1020. The molecule has 0 spiro atoms. The molecule has 0 aliphatic rings. The summed E-state index contributed by atoms with van der Waals surface area (Å²) < 4.78 is 12.7. The van der Waals surface area contributed by atoms with Gasteiger partial charge in [-0.3, -0.25) is 9.36 Å². The summed E-state index contributed by atoms with van der Waals surface area (Å²) in [4.78, 5) is 11.3. The number of aromatic nitrogens is 3. The van der Waals surface area contributed by atoms with Crippen molar-refractivity contribution in [1.29, 1.82) is 0 Å². The highest BCUT2D eigenvalue weighted by Crippen LogP contribution is 2.35. The molecular weight excluding hydrogens is 376 g/mol. The van der Waals surface area contributed by atoms with E-state index in [1.807, 2.05) is 41.8 Å². The van der Waals surface area contributed by atoms with Crippen molar-refractivity contribution in [2.75, 3.05) is 20.0 Å². The molecule has 0 atom stereocenters. The van der Waals surface area contributed by atoms with Crippen LogP contribution in [-0.2, 0) is 4.79 Å². The standard InChI is InChI=1S/C20H22N4O3S/c1-12-6-5-7-15(13(12)2)24-19(22-23-20(24)28-11-18(21)25)14-8-9-16(26-3)17(10-14)27-4/h5-10H,11H2,1-4H3,(H2,21,25). The van der Waals surface area contributed by atoms with E-state index in [0.29, 0.717) is 22.5 Å². The number of hydrogen-bond acceptors (Lipinski definition) is 6. The Morgan fingerprint density at radius 2 is 1.86 bits per heavy atom. The van der Waals surface area contributed by atoms with Crippen LogP contribution in [0.5, 0.6) is 11.5 Å². The van der Waals surface area contributed by atoms with Crippen LogP contribution < -0.4 is 15.2 Å². The lowest BCUT2D eigenvalue weighted by molar-refractivity contribution is -0.115. The highest BCUT2D eigenvalue weighted by Gasteiger charge is 2.20. The minimum Gasteiger partial charge on any atom is -0.493 e. The molecule has 1 heterocycles. The molecule has 3 aromatic rings. The zero-order valence-electron chi connectivity index (χ0n) is 16.2. The number of carbonyl (C=O) groups excluding carboxylic acids is 1. The van der Waals surface area contributed by atoms with Crippen molar-refractivity contribution in [2.24, 2.45) is 5.73 Å². The van der Waals surface area contributed by atoms with E-state index in [-0.39, 0.29) is 5.75 Å². The Labute approximate surface area is 167 Å². The van der Waals surface area contributed by atoms with Gasteiger partial charge in [0.2, 0.25) is 5.91 Å². The fraction of sp³-hybridized carbons (Fsp3) is 0.250. The molecule has 0 radical (unpaired) electrons. The van der Waals surface area contributed by atoms with Crippen molar-refractivity contribution in [2.45, 2.75) is 19.0 Å². The smallest absolute Gasteiger partial charge is 0.227 e. The monoisotopic (exact) mass is 398 g/mol. The fourth-order valence-corrected chi connectivity index (χ4v) is 3.54. The van der Waals surface area contributed by atoms with E-state index in [1.165, 1.54) is 11.8 Å². The van der Waals surface area contributed by atoms with Crippen LogP contribution in [0.15, 0.2) is 41.6 Å². The van der Waals surface area contributed by atoms with Crippen LogP contribution in [0.1, 0.15) is 11.1 Å². The third kappa shape index (κ3) is 3.82. The number of aryl methyl sites for hydroxylation is 1. The molecule has 8 heteroatoms. The van der Waals surface area contributed by atoms with Gasteiger partial charge in [-0.05, 0) is 49.2 Å². The Balaban J connectivity index is 2.19. The van der Waals surface area contributed by atoms with E-state index in [4.69, 9.17) is 15.2 Å². The lowest BCUT2D eigenvalue weighted by Crippen LogP contribution is -2.14. The predicted molar refractivity (Wildman–Crippen MR) is 109 cm³/mol. The van der Waals surface area contributed by atoms with Gasteiger partial charge in [-0.15, -0.1) is 10.2 Å². The summed E-state index contributed by atoms with van der Waals surface area (Å²) >= 11 is 1.26. The molecule has 0 bridgehead atoms. The molecule has 0 fully saturated rings. The average molecular weight is 398 g/mol. The molecule has 7 nitrogen and oxygen atoms in total. The molecule has 28 heavy (non-hydrogen) atoms. The van der Waals surface area contributed by atoms with Crippen molar-refractivity contribution in [3.8, 4) is 28.6 Å². The zero-order chi connectivity index (χ0) is 20.3. The fourth-order valence-electron chi connectivity index (χ4n) is 2.86. The van der Waals surface area contributed by atoms with Crippen molar-refractivity contribution in [3.05, 3.63) is 47.5 Å². The molecule has 0 aliphatic carbocycles. The van der Waals surface area contributed by atoms with Gasteiger partial charge in [0.25, 0.3) is 0 Å². The van der Waals surface area contributed by atoms with E-state index in [1.54, 1.807) is 14.2 Å². The first-order chi connectivity index (χ1) is 13.5. The van der Waals surface area contributed by atoms with Gasteiger partial charge in [-0.2, -0.15) is 0 Å². The Morgan fingerprint density at radius 3 is 2.54 bits per heavy atom. The van der Waals surface area contributed by atoms with Gasteiger partial charge >= 0.3 is 0 Å². The third-order valence-corrected chi connectivity index (χ3v) is 5.39. The van der Waals surface area contributed by atoms with E-state index in [0.717, 1.165) is 22.4 Å². The van der Waals surface area contributed by atoms with E-state index >= 15 is 0 Å². The third-order valence-electron chi connectivity index (χ3n) is 4.44. The van der Waals surface area contributed by atoms with Crippen molar-refractivity contribution in [3.63, 3.8) is 0 Å². The lowest BCUT2D eigenvalue weighted by Gasteiger charge is -2.15. The maximum atomic E-state index is 11.3. The molecule has 0 aliphatic heterocycles. The molecule has 1 aromatic heterocycles. The topological polar surface area (TPSA) is 92.3 Å². The van der Waals surface area contributed by atoms with Crippen molar-refractivity contribution in [1.82, 2.24) is 14.8 Å². The molecule has 0 saturated heterocycles. The maximum Gasteiger partial charge on any atom is 0.227 e. The number of carbonyl (C=O) groups is 1. The zero-order valence-corrected chi connectivity index (χ0v) is 17.0. The van der Waals surface area contributed by atoms with Gasteiger partial charge in [-0.1, -0.05) is 23.9 Å². The van der Waals surface area contributed by atoms with Gasteiger partial charge in [0.1, 0.15) is 0 Å². The van der Waals surface area contributed by atoms with Gasteiger partial charge in [-0.25, -0.2) is 0 Å². The molecule has 1 amide bonds. The molecule has 0 unspecified atom stereocenters. The minimum atomic E-state index is -0.409. The summed E-state index contributed by atoms with van der Waals surface area (Å²) in [6.07, 6.45) is 0. The SMILES string of the molecule is COc1ccc(-c2nnc(SCC(N)=O)n2-c2cccc(C)c2C)cc1OC. The van der Waals surface area contributed by atoms with Crippen LogP contribution in [0.25, 0.3) is 17.1 Å². The highest BCUT2D eigenvalue weighted by molar-refractivity contribution is 7.99. The first kappa shape index (κ1) is 19.8. The van der Waals surface area contributed by atoms with Crippen LogP contribution in [0.3, 0.4) is 0 Å². The number of ether oxygens (including phenoxy) is 2. The van der Waals surface area contributed by atoms with E-state index in [2.05, 4.69) is 23.2 Å². The number of amides is 1. The Kier molecular flexibility index (Phi) is 5.89. The summed E-state index contributed by atoms with van der Waals surface area (Å²) in [6, 6.07) is 11.6. The Hall–Kier alpha value is -3.00. The van der Waals surface area contributed by atoms with E-state index in [9.17, 15) is 4.79 Å². The Morgan fingerprint density at radius 1 is 1.11 bits per heavy atom. The van der Waals surface area contributed by atoms with Gasteiger partial charge in [0, 0.05) is 5.56 Å². The summed E-state index contributed by atoms with van der Waals surface area (Å²) in [5, 5.41) is 9.29. The van der Waals surface area contributed by atoms with Crippen molar-refractivity contribution >= 4 is 17.7 Å². The number of nitrogens with zero attached hydrogens (tertiary/aromatic N) is 3. The van der Waals surface area contributed by atoms with E-state index < -0.39 is 5.91 Å². The second kappa shape index (κ2) is 8.35. The first-order valence-corrected chi connectivity index (χ1v) is 9.60. The molecule has 2 aromatic carbocycles. The van der Waals surface area contributed by atoms with Crippen LogP contribution >= 0.6 is 11.8 Å². The molecule has 3 rings (SSSR count). The predicted octanol–water partition coefficient (Wildman–Crippen LogP) is 3.15. The number of benzene rings is 2. The molecule has 2 N–H and O–H groups in total. The van der Waals surface area contributed by atoms with Gasteiger partial charge < -0.3 is 15.2 Å². The molecule has 0 saturated carbocycles. The van der Waals surface area contributed by atoms with Crippen LogP contribution in [0, 0.1) is 13.8 Å². The first-order valence-electron chi connectivity index (χ1n) is 8.61. The van der Waals surface area contributed by atoms with Gasteiger partial charge in [0.05, 0.1) is 25.7 Å². The summed E-state index contributed by atoms with van der Waals surface area (Å²) in [5.74, 6) is 1.58. The molecule has 146 valence electrons. The van der Waals surface area contributed by atoms with Crippen LogP contribution in [0.4, 0.5) is 0 Å².